The predicted molar refractivity (Wildman–Crippen MR) is 306 cm³/mol. The Morgan fingerprint density at radius 2 is 1.52 bits per heavy atom. The van der Waals surface area contributed by atoms with Gasteiger partial charge in [0.1, 0.15) is 6.61 Å². The number of carbonyl (C=O) groups is 4. The Labute approximate surface area is 463 Å². The summed E-state index contributed by atoms with van der Waals surface area (Å²) in [7, 11) is -6.67. The summed E-state index contributed by atoms with van der Waals surface area (Å²) in [6.45, 7) is 5.92. The van der Waals surface area contributed by atoms with Crippen molar-refractivity contribution < 1.29 is 45.9 Å². The molecule has 3 atom stereocenters. The third-order valence-electron chi connectivity index (χ3n) is 13.7. The van der Waals surface area contributed by atoms with Crippen LogP contribution in [0.5, 0.6) is 0 Å². The van der Waals surface area contributed by atoms with Crippen molar-refractivity contribution in [1.29, 1.82) is 0 Å². The zero-order chi connectivity index (χ0) is 55.5. The van der Waals surface area contributed by atoms with Crippen molar-refractivity contribution in [3.8, 4) is 11.1 Å². The number of aliphatic hydroxyl groups excluding tert-OH is 1. The number of aliphatic hydroxyl groups is 1. The van der Waals surface area contributed by atoms with Gasteiger partial charge in [-0.1, -0.05) is 92.4 Å². The van der Waals surface area contributed by atoms with Crippen LogP contribution in [0, 0.1) is 5.92 Å². The van der Waals surface area contributed by atoms with Gasteiger partial charge < -0.3 is 30.3 Å². The molecule has 6 rings (SSSR count). The molecule has 5 aromatic rings. The van der Waals surface area contributed by atoms with E-state index in [1.54, 1.807) is 36.0 Å². The second-order valence-electron chi connectivity index (χ2n) is 19.6. The summed E-state index contributed by atoms with van der Waals surface area (Å²) >= 11 is 7.70. The summed E-state index contributed by atoms with van der Waals surface area (Å²) in [6, 6.07) is 34.6. The number of nitrogens with one attached hydrogen (secondary N) is 3. The number of unbranched alkanes of at least 4 members (excludes halogenated alkanes) is 2. The van der Waals surface area contributed by atoms with Gasteiger partial charge in [0.05, 0.1) is 27.6 Å². The molecule has 0 saturated carbocycles. The number of hydrogen-bond acceptors (Lipinski definition) is 14. The SMILES string of the molecule is CCCCCC(NC(=O)CCCC(=O)OCCN(C)CC[C@H](CSc1ccccc1)Nc1ccc(S(=O)(=O)NC(=O)c2ccc(N3CCC([C@@H](O)c4ccccc4-c4ccc(Cl)cc4)CC3)cc2)cc1S(C)(=O)=O)C(C)=O. The van der Waals surface area contributed by atoms with Gasteiger partial charge in [0.15, 0.2) is 15.6 Å². The topological polar surface area (TPSA) is 209 Å². The van der Waals surface area contributed by atoms with Gasteiger partial charge in [-0.25, -0.2) is 21.6 Å². The van der Waals surface area contributed by atoms with Crippen LogP contribution < -0.4 is 20.3 Å². The molecule has 0 bridgehead atoms. The highest BCUT2D eigenvalue weighted by molar-refractivity contribution is 7.99. The third-order valence-corrected chi connectivity index (χ3v) is 17.6. The molecule has 1 aliphatic heterocycles. The Balaban J connectivity index is 1.02. The predicted octanol–water partition coefficient (Wildman–Crippen LogP) is 9.74. The van der Waals surface area contributed by atoms with Crippen molar-refractivity contribution in [1.82, 2.24) is 14.9 Å². The van der Waals surface area contributed by atoms with E-state index < -0.39 is 48.8 Å². The highest BCUT2D eigenvalue weighted by atomic mass is 35.5. The van der Waals surface area contributed by atoms with Crippen molar-refractivity contribution in [2.24, 2.45) is 5.92 Å². The molecule has 2 amide bonds. The van der Waals surface area contributed by atoms with Gasteiger partial charge in [-0.15, -0.1) is 11.8 Å². The van der Waals surface area contributed by atoms with Gasteiger partial charge in [-0.3, -0.25) is 19.2 Å². The highest BCUT2D eigenvalue weighted by Gasteiger charge is 2.29. The number of Topliss-reactive ketones (excluding diaryl/α,β-unsaturated/α-hetero) is 1. The Bertz CT molecular complexity index is 2980. The molecule has 77 heavy (non-hydrogen) atoms. The van der Waals surface area contributed by atoms with Crippen LogP contribution in [-0.2, 0) is 39.0 Å². The summed E-state index contributed by atoms with van der Waals surface area (Å²) < 4.78 is 61.7. The molecule has 0 radical (unpaired) electrons. The molecule has 1 fully saturated rings. The minimum atomic E-state index is -4.54. The first-order valence-corrected chi connectivity index (χ1v) is 30.9. The number of sulfone groups is 1. The quantitative estimate of drug-likeness (QED) is 0.0200. The van der Waals surface area contributed by atoms with E-state index in [1.165, 1.54) is 19.1 Å². The van der Waals surface area contributed by atoms with Crippen molar-refractivity contribution in [2.75, 3.05) is 62.1 Å². The van der Waals surface area contributed by atoms with E-state index in [2.05, 4.69) is 27.2 Å². The minimum absolute atomic E-state index is 0.0220. The lowest BCUT2D eigenvalue weighted by Crippen LogP contribution is -2.39. The number of benzene rings is 5. The van der Waals surface area contributed by atoms with Gasteiger partial charge in [0, 0.05) is 71.7 Å². The summed E-state index contributed by atoms with van der Waals surface area (Å²) in [5.41, 5.74) is 3.94. The number of anilines is 2. The molecule has 1 unspecified atom stereocenters. The number of piperidine rings is 1. The van der Waals surface area contributed by atoms with Crippen molar-refractivity contribution in [2.45, 2.75) is 111 Å². The number of rotatable bonds is 29. The van der Waals surface area contributed by atoms with E-state index in [0.29, 0.717) is 56.2 Å². The number of sulfonamides is 1. The Morgan fingerprint density at radius 3 is 2.19 bits per heavy atom. The standard InChI is InChI=1S/C58H72ClN5O10S3/c1-5-6-8-18-52(41(2)65)61-55(66)19-13-20-56(67)74-38-37-63(3)34-33-46(40-75-48-14-9-7-10-15-48)60-53-30-29-49(39-54(53)76(4,70)71)77(72,73)62-58(69)44-23-27-47(28-24-44)64-35-31-43(32-36-64)57(68)51-17-12-11-16-50(51)42-21-25-45(59)26-22-42/h7,9-12,14-17,21-30,39,43,46,52,57,60,68H,5-6,8,13,18-20,31-38,40H2,1-4H3,(H,61,66)(H,62,69)/t46-,52?,57-/m1/s1. The average molecular weight is 1130 g/mol. The normalized spacial score (nSPS) is 14.4. The van der Waals surface area contributed by atoms with Gasteiger partial charge in [0.2, 0.25) is 5.91 Å². The molecule has 1 heterocycles. The highest BCUT2D eigenvalue weighted by Crippen LogP contribution is 2.38. The zero-order valence-corrected chi connectivity index (χ0v) is 47.5. The van der Waals surface area contributed by atoms with Gasteiger partial charge >= 0.3 is 5.97 Å². The Kier molecular flexibility index (Phi) is 23.0. The summed E-state index contributed by atoms with van der Waals surface area (Å²) in [6.07, 6.45) is 6.19. The third kappa shape index (κ3) is 18.7. The number of esters is 1. The van der Waals surface area contributed by atoms with Gasteiger partial charge in [-0.05, 0) is 142 Å². The number of hydrogen-bond donors (Lipinski definition) is 4. The lowest BCUT2D eigenvalue weighted by molar-refractivity contribution is -0.144. The second-order valence-corrected chi connectivity index (χ2v) is 24.8. The molecule has 414 valence electrons. The number of ketones is 1. The maximum atomic E-state index is 13.7. The number of likely N-dealkylation sites (N-methyl/N-ethyl adjacent to an activating group) is 1. The minimum Gasteiger partial charge on any atom is -0.464 e. The fourth-order valence-corrected chi connectivity index (χ4v) is 12.2. The van der Waals surface area contributed by atoms with Crippen LogP contribution in [0.15, 0.2) is 136 Å². The summed E-state index contributed by atoms with van der Waals surface area (Å²) in [5.74, 6) is -1.13. The fourth-order valence-electron chi connectivity index (χ4n) is 9.18. The van der Waals surface area contributed by atoms with E-state index in [1.807, 2.05) is 90.8 Å². The smallest absolute Gasteiger partial charge is 0.305 e. The maximum Gasteiger partial charge on any atom is 0.305 e. The molecule has 1 aliphatic rings. The second kappa shape index (κ2) is 29.3. The number of thioether (sulfide) groups is 1. The first-order chi connectivity index (χ1) is 36.8. The van der Waals surface area contributed by atoms with Crippen LogP contribution in [-0.4, -0.2) is 114 Å². The van der Waals surface area contributed by atoms with E-state index in [0.717, 1.165) is 71.7 Å². The molecule has 15 nitrogen and oxygen atoms in total. The van der Waals surface area contributed by atoms with Gasteiger partial charge in [-0.2, -0.15) is 0 Å². The van der Waals surface area contributed by atoms with Crippen molar-refractivity contribution in [3.63, 3.8) is 0 Å². The lowest BCUT2D eigenvalue weighted by Gasteiger charge is -2.36. The lowest BCUT2D eigenvalue weighted by atomic mass is 9.84. The van der Waals surface area contributed by atoms with Crippen LogP contribution in [0.25, 0.3) is 11.1 Å². The number of halogens is 1. The monoisotopic (exact) mass is 1130 g/mol. The molecule has 19 heteroatoms. The summed E-state index contributed by atoms with van der Waals surface area (Å²) in [4.78, 5) is 54.9. The van der Waals surface area contributed by atoms with Gasteiger partial charge in [0.25, 0.3) is 15.9 Å². The van der Waals surface area contributed by atoms with E-state index in [9.17, 15) is 41.1 Å². The van der Waals surface area contributed by atoms with Crippen LogP contribution in [0.2, 0.25) is 5.02 Å². The molecular weight excluding hydrogens is 1060 g/mol. The Morgan fingerprint density at radius 1 is 0.831 bits per heavy atom. The number of carbonyl (C=O) groups excluding carboxylic acids is 4. The zero-order valence-electron chi connectivity index (χ0n) is 44.3. The molecule has 1 saturated heterocycles. The number of ether oxygens (including phenoxy) is 1. The molecule has 0 aliphatic carbocycles. The van der Waals surface area contributed by atoms with Crippen LogP contribution in [0.4, 0.5) is 11.4 Å². The Hall–Kier alpha value is -5.76. The van der Waals surface area contributed by atoms with E-state index >= 15 is 0 Å². The molecule has 4 N–H and O–H groups in total. The average Bonchev–Trinajstić information content (AvgIpc) is 3.41. The first-order valence-electron chi connectivity index (χ1n) is 26.2. The maximum absolute atomic E-state index is 13.7. The fraction of sp³-hybridized carbons (Fsp3) is 0.414. The molecule has 0 aromatic heterocycles. The summed E-state index contributed by atoms with van der Waals surface area (Å²) in [5, 5.41) is 18.3. The molecule has 0 spiro atoms. The van der Waals surface area contributed by atoms with Crippen LogP contribution >= 0.6 is 23.4 Å². The molecular formula is C58H72ClN5O10S3. The van der Waals surface area contributed by atoms with Crippen LogP contribution in [0.1, 0.15) is 100 Å². The van der Waals surface area contributed by atoms with Crippen molar-refractivity contribution in [3.05, 3.63) is 137 Å². The molecule has 5 aromatic carbocycles. The van der Waals surface area contributed by atoms with Crippen molar-refractivity contribution >= 4 is 78.2 Å². The first kappa shape index (κ1) is 60.5. The van der Waals surface area contributed by atoms with E-state index in [4.69, 9.17) is 16.3 Å². The number of nitrogens with zero attached hydrogens (tertiary/aromatic N) is 2. The van der Waals surface area contributed by atoms with Crippen LogP contribution in [0.3, 0.4) is 0 Å². The largest absolute Gasteiger partial charge is 0.464 e. The number of amides is 2. The van der Waals surface area contributed by atoms with E-state index in [-0.39, 0.29) is 59.2 Å².